The van der Waals surface area contributed by atoms with Crippen molar-refractivity contribution < 1.29 is 19.3 Å². The molecule has 1 N–H and O–H groups in total. The third kappa shape index (κ3) is 1.15. The smallest absolute Gasteiger partial charge is 0.190 e. The topological polar surface area (TPSA) is 47.9 Å². The highest BCUT2D eigenvalue weighted by Crippen LogP contribution is 2.36. The summed E-state index contributed by atoms with van der Waals surface area (Å²) in [7, 11) is 0. The maximum Gasteiger partial charge on any atom is 0.190 e. The molecule has 0 aromatic rings. The average molecular weight is 174 g/mol. The Kier molecular flexibility index (Phi) is 1.70. The van der Waals surface area contributed by atoms with E-state index in [0.29, 0.717) is 0 Å². The van der Waals surface area contributed by atoms with Gasteiger partial charge in [0.05, 0.1) is 6.10 Å². The average Bonchev–Trinajstić information content (AvgIpc) is 2.33. The molecule has 2 rings (SSSR count). The van der Waals surface area contributed by atoms with E-state index in [4.69, 9.17) is 14.2 Å². The maximum atomic E-state index is 9.57. The SMILES string of the molecule is CC1O[C@@H]2OC(C)(C)O[C@@H]2[C@@H]1O. The van der Waals surface area contributed by atoms with Crippen LogP contribution in [0.15, 0.2) is 0 Å². The number of rotatable bonds is 0. The van der Waals surface area contributed by atoms with Gasteiger partial charge in [-0.25, -0.2) is 0 Å². The van der Waals surface area contributed by atoms with E-state index in [9.17, 15) is 5.11 Å². The van der Waals surface area contributed by atoms with Crippen LogP contribution in [0.5, 0.6) is 0 Å². The molecule has 0 aliphatic carbocycles. The van der Waals surface area contributed by atoms with Gasteiger partial charge in [0.1, 0.15) is 12.2 Å². The van der Waals surface area contributed by atoms with Crippen molar-refractivity contribution in [2.24, 2.45) is 0 Å². The molecule has 0 aromatic carbocycles. The normalized spacial score (nSPS) is 51.0. The lowest BCUT2D eigenvalue weighted by atomic mass is 10.2. The summed E-state index contributed by atoms with van der Waals surface area (Å²) < 4.78 is 16.2. The summed E-state index contributed by atoms with van der Waals surface area (Å²) in [6.07, 6.45) is -1.49. The fraction of sp³-hybridized carbons (Fsp3) is 1.00. The molecule has 4 nitrogen and oxygen atoms in total. The molecule has 1 unspecified atom stereocenters. The van der Waals surface area contributed by atoms with Gasteiger partial charge in [-0.05, 0) is 20.8 Å². The van der Waals surface area contributed by atoms with Crippen LogP contribution >= 0.6 is 0 Å². The van der Waals surface area contributed by atoms with E-state index in [-0.39, 0.29) is 12.2 Å². The van der Waals surface area contributed by atoms with E-state index < -0.39 is 18.2 Å². The Morgan fingerprint density at radius 1 is 1.25 bits per heavy atom. The molecule has 4 heteroatoms. The molecule has 12 heavy (non-hydrogen) atoms. The van der Waals surface area contributed by atoms with E-state index in [2.05, 4.69) is 0 Å². The van der Waals surface area contributed by atoms with Gasteiger partial charge < -0.3 is 19.3 Å². The van der Waals surface area contributed by atoms with Gasteiger partial charge >= 0.3 is 0 Å². The van der Waals surface area contributed by atoms with Crippen LogP contribution in [0, 0.1) is 0 Å². The largest absolute Gasteiger partial charge is 0.387 e. The summed E-state index contributed by atoms with van der Waals surface area (Å²) in [5.41, 5.74) is 0. The molecule has 4 atom stereocenters. The summed E-state index contributed by atoms with van der Waals surface area (Å²) >= 11 is 0. The van der Waals surface area contributed by atoms with E-state index >= 15 is 0 Å². The Bertz CT molecular complexity index is 191. The number of fused-ring (bicyclic) bond motifs is 1. The molecule has 2 heterocycles. The van der Waals surface area contributed by atoms with Gasteiger partial charge in [-0.2, -0.15) is 0 Å². The van der Waals surface area contributed by atoms with Crippen LogP contribution < -0.4 is 0 Å². The Balaban J connectivity index is 2.11. The third-order valence-electron chi connectivity index (χ3n) is 2.25. The zero-order valence-electron chi connectivity index (χ0n) is 7.48. The van der Waals surface area contributed by atoms with Crippen molar-refractivity contribution in [3.8, 4) is 0 Å². The molecular formula is C8H14O4. The van der Waals surface area contributed by atoms with Crippen molar-refractivity contribution in [3.63, 3.8) is 0 Å². The second-order valence-electron chi connectivity index (χ2n) is 3.80. The van der Waals surface area contributed by atoms with Crippen molar-refractivity contribution >= 4 is 0 Å². The van der Waals surface area contributed by atoms with Crippen molar-refractivity contribution in [3.05, 3.63) is 0 Å². The summed E-state index contributed by atoms with van der Waals surface area (Å²) in [6.45, 7) is 5.43. The zero-order valence-corrected chi connectivity index (χ0v) is 7.48. The van der Waals surface area contributed by atoms with Crippen molar-refractivity contribution in [1.29, 1.82) is 0 Å². The molecule has 0 amide bonds. The lowest BCUT2D eigenvalue weighted by molar-refractivity contribution is -0.212. The van der Waals surface area contributed by atoms with Gasteiger partial charge in [0.15, 0.2) is 12.1 Å². The van der Waals surface area contributed by atoms with Crippen LogP contribution in [-0.2, 0) is 14.2 Å². The predicted molar refractivity (Wildman–Crippen MR) is 40.4 cm³/mol. The van der Waals surface area contributed by atoms with Crippen LogP contribution in [-0.4, -0.2) is 35.5 Å². The lowest BCUT2D eigenvalue weighted by Crippen LogP contribution is -2.33. The minimum atomic E-state index is -0.629. The van der Waals surface area contributed by atoms with Gasteiger partial charge in [-0.15, -0.1) is 0 Å². The Hall–Kier alpha value is -0.160. The molecule has 2 fully saturated rings. The number of aliphatic hydroxyl groups excluding tert-OH is 1. The maximum absolute atomic E-state index is 9.57. The second-order valence-corrected chi connectivity index (χ2v) is 3.80. The van der Waals surface area contributed by atoms with Crippen molar-refractivity contribution in [2.45, 2.75) is 51.2 Å². The van der Waals surface area contributed by atoms with E-state index in [1.807, 2.05) is 20.8 Å². The summed E-state index contributed by atoms with van der Waals surface area (Å²) in [6, 6.07) is 0. The molecule has 70 valence electrons. The van der Waals surface area contributed by atoms with Crippen LogP contribution in [0.2, 0.25) is 0 Å². The Labute approximate surface area is 71.4 Å². The van der Waals surface area contributed by atoms with Crippen LogP contribution in [0.4, 0.5) is 0 Å². The molecule has 0 bridgehead atoms. The van der Waals surface area contributed by atoms with E-state index in [0.717, 1.165) is 0 Å². The first-order chi connectivity index (χ1) is 5.49. The van der Waals surface area contributed by atoms with Gasteiger partial charge in [0.25, 0.3) is 0 Å². The first-order valence-electron chi connectivity index (χ1n) is 4.19. The molecule has 2 aliphatic heterocycles. The Morgan fingerprint density at radius 3 is 2.50 bits per heavy atom. The van der Waals surface area contributed by atoms with Crippen LogP contribution in [0.25, 0.3) is 0 Å². The first-order valence-corrected chi connectivity index (χ1v) is 4.19. The lowest BCUT2D eigenvalue weighted by Gasteiger charge is -2.20. The third-order valence-corrected chi connectivity index (χ3v) is 2.25. The Morgan fingerprint density at radius 2 is 1.92 bits per heavy atom. The predicted octanol–water partition coefficient (Wildman–Crippen LogP) is 0.244. The molecular weight excluding hydrogens is 160 g/mol. The minimum absolute atomic E-state index is 0.198. The van der Waals surface area contributed by atoms with E-state index in [1.54, 1.807) is 0 Å². The number of ether oxygens (including phenoxy) is 3. The standard InChI is InChI=1S/C8H14O4/c1-4-5(9)6-7(10-4)12-8(2,3)11-6/h4-7,9H,1-3H3/t4?,5-,6-,7-/m1/s1. The number of hydrogen-bond acceptors (Lipinski definition) is 4. The fourth-order valence-electron chi connectivity index (χ4n) is 1.65. The fourth-order valence-corrected chi connectivity index (χ4v) is 1.65. The van der Waals surface area contributed by atoms with E-state index in [1.165, 1.54) is 0 Å². The van der Waals surface area contributed by atoms with Gasteiger partial charge in [-0.1, -0.05) is 0 Å². The minimum Gasteiger partial charge on any atom is -0.387 e. The molecule has 0 spiro atoms. The quantitative estimate of drug-likeness (QED) is 0.571. The zero-order chi connectivity index (χ0) is 8.93. The highest BCUT2D eigenvalue weighted by atomic mass is 16.8. The van der Waals surface area contributed by atoms with Gasteiger partial charge in [0, 0.05) is 0 Å². The molecule has 0 saturated carbocycles. The number of hydrogen-bond donors (Lipinski definition) is 1. The summed E-state index contributed by atoms with van der Waals surface area (Å²) in [4.78, 5) is 0. The summed E-state index contributed by atoms with van der Waals surface area (Å²) in [5, 5.41) is 9.57. The number of aliphatic hydroxyl groups is 1. The molecule has 2 aliphatic rings. The second kappa shape index (κ2) is 2.42. The van der Waals surface area contributed by atoms with Crippen LogP contribution in [0.3, 0.4) is 0 Å². The van der Waals surface area contributed by atoms with Crippen LogP contribution in [0.1, 0.15) is 20.8 Å². The monoisotopic (exact) mass is 174 g/mol. The van der Waals surface area contributed by atoms with Crippen molar-refractivity contribution in [1.82, 2.24) is 0 Å². The first kappa shape index (κ1) is 8.44. The highest BCUT2D eigenvalue weighted by molar-refractivity contribution is 4.90. The molecule has 2 saturated heterocycles. The summed E-state index contributed by atoms with van der Waals surface area (Å²) in [5.74, 6) is -0.629. The van der Waals surface area contributed by atoms with Gasteiger partial charge in [0.2, 0.25) is 0 Å². The highest BCUT2D eigenvalue weighted by Gasteiger charge is 2.52. The molecule has 0 aromatic heterocycles. The van der Waals surface area contributed by atoms with Gasteiger partial charge in [-0.3, -0.25) is 0 Å². The molecule has 0 radical (unpaired) electrons. The van der Waals surface area contributed by atoms with Crippen molar-refractivity contribution in [2.75, 3.05) is 0 Å².